The molecule has 2 heterocycles. The van der Waals surface area contributed by atoms with Crippen molar-refractivity contribution in [1.82, 2.24) is 19.9 Å². The molecule has 5 heteroatoms. The first-order valence-electron chi connectivity index (χ1n) is 15.7. The molecular weight excluding hydrogens is 502 g/mol. The lowest BCUT2D eigenvalue weighted by atomic mass is 10.0. The monoisotopic (exact) mass is 534 g/mol. The number of aryl methyl sites for hydroxylation is 2. The molecule has 0 saturated carbocycles. The number of hydrogen-bond acceptors (Lipinski definition) is 5. The maximum absolute atomic E-state index is 8.91. The number of anilines is 3. The van der Waals surface area contributed by atoms with Gasteiger partial charge in [0.15, 0.2) is 0 Å². The summed E-state index contributed by atoms with van der Waals surface area (Å²) in [6.45, 7) is 4.01. The Morgan fingerprint density at radius 3 is 1.54 bits per heavy atom. The molecule has 7 rings (SSSR count). The quantitative estimate of drug-likeness (QED) is 0.221. The van der Waals surface area contributed by atoms with E-state index in [1.165, 1.54) is 0 Å². The van der Waals surface area contributed by atoms with Gasteiger partial charge in [0.2, 0.25) is 0 Å². The van der Waals surface area contributed by atoms with Gasteiger partial charge < -0.3 is 4.90 Å². The summed E-state index contributed by atoms with van der Waals surface area (Å²) in [5.74, 6) is 0. The third-order valence-corrected chi connectivity index (χ3v) is 7.20. The third-order valence-electron chi connectivity index (χ3n) is 7.20. The second-order valence-electron chi connectivity index (χ2n) is 9.80. The highest BCUT2D eigenvalue weighted by atomic mass is 15.1. The van der Waals surface area contributed by atoms with Crippen molar-refractivity contribution in [3.05, 3.63) is 139 Å². The van der Waals surface area contributed by atoms with Crippen LogP contribution in [0.3, 0.4) is 0 Å². The van der Waals surface area contributed by atoms with Crippen molar-refractivity contribution in [3.8, 4) is 22.5 Å². The molecule has 7 aromatic rings. The highest BCUT2D eigenvalue weighted by Gasteiger charge is 2.16. The fourth-order valence-corrected chi connectivity index (χ4v) is 5.28. The minimum absolute atomic E-state index is 0.0343. The molecular formula is C36H27N5. The molecule has 5 aromatic carbocycles. The van der Waals surface area contributed by atoms with Crippen LogP contribution in [0.2, 0.25) is 0 Å². The van der Waals surface area contributed by atoms with Gasteiger partial charge in [0, 0.05) is 39.0 Å². The lowest BCUT2D eigenvalue weighted by Gasteiger charge is -2.26. The van der Waals surface area contributed by atoms with Gasteiger partial charge in [-0.05, 0) is 61.3 Å². The van der Waals surface area contributed by atoms with Crippen LogP contribution in [0.25, 0.3) is 44.3 Å². The van der Waals surface area contributed by atoms with Crippen LogP contribution in [-0.4, -0.2) is 19.9 Å². The van der Waals surface area contributed by atoms with E-state index in [1.807, 2.05) is 98.8 Å². The Labute approximate surface area is 245 Å². The van der Waals surface area contributed by atoms with Crippen molar-refractivity contribution in [3.63, 3.8) is 0 Å². The molecule has 0 aliphatic carbocycles. The number of nitrogens with zero attached hydrogens (tertiary/aromatic N) is 5. The van der Waals surface area contributed by atoms with Crippen LogP contribution in [0, 0.1) is 13.8 Å². The van der Waals surface area contributed by atoms with Gasteiger partial charge in [0.05, 0.1) is 29.3 Å². The Morgan fingerprint density at radius 2 is 1.02 bits per heavy atom. The Hall–Kier alpha value is -5.42. The van der Waals surface area contributed by atoms with E-state index in [9.17, 15) is 0 Å². The molecule has 0 amide bonds. The minimum Gasteiger partial charge on any atom is -0.310 e. The van der Waals surface area contributed by atoms with Gasteiger partial charge in [-0.25, -0.2) is 19.9 Å². The van der Waals surface area contributed by atoms with E-state index in [-0.39, 0.29) is 17.8 Å². The molecule has 0 saturated heterocycles. The molecule has 0 aliphatic heterocycles. The normalized spacial score (nSPS) is 12.9. The maximum Gasteiger partial charge on any atom is 0.116 e. The van der Waals surface area contributed by atoms with Crippen molar-refractivity contribution < 1.29 is 6.85 Å². The molecule has 0 fully saturated rings. The molecule has 41 heavy (non-hydrogen) atoms. The molecule has 0 N–H and O–H groups in total. The number of benzene rings is 5. The molecule has 0 unspecified atom stereocenters. The standard InChI is InChI=1S/C36H27N5/c1-24-10-6-18-31-33(24)37-22-39-35(31)26-12-8-16-29(20-26)41(28-14-4-3-5-15-28)30-17-9-13-27(21-30)36-32-19-7-11-25(2)34(32)38-23-40-36/h3-23H,1-2H3/i3D,4D,5D,14D,15D. The summed E-state index contributed by atoms with van der Waals surface area (Å²) in [4.78, 5) is 19.9. The first kappa shape index (κ1) is 19.6. The number of fused-ring (bicyclic) bond motifs is 2. The van der Waals surface area contributed by atoms with Gasteiger partial charge in [-0.2, -0.15) is 0 Å². The predicted octanol–water partition coefficient (Wildman–Crippen LogP) is 8.99. The van der Waals surface area contributed by atoms with Crippen LogP contribution in [0.1, 0.15) is 18.0 Å². The Bertz CT molecular complexity index is 2170. The molecule has 5 nitrogen and oxygen atoms in total. The average Bonchev–Trinajstić information content (AvgIpc) is 3.08. The van der Waals surface area contributed by atoms with E-state index in [0.717, 1.165) is 55.4 Å². The summed E-state index contributed by atoms with van der Waals surface area (Å²) in [5.41, 5.74) is 8.02. The van der Waals surface area contributed by atoms with Crippen LogP contribution in [0.5, 0.6) is 0 Å². The molecule has 0 spiro atoms. The SMILES string of the molecule is [2H]c1c([2H])c([2H])c(N(c2cccc(-c3ncnc4c(C)cccc34)c2)c2cccc(-c3ncnc4c(C)cccc34)c2)c([2H])c1[2H]. The van der Waals surface area contributed by atoms with E-state index in [4.69, 9.17) is 6.85 Å². The topological polar surface area (TPSA) is 54.8 Å². The van der Waals surface area contributed by atoms with Gasteiger partial charge in [-0.15, -0.1) is 0 Å². The zero-order chi connectivity index (χ0) is 32.1. The van der Waals surface area contributed by atoms with Crippen molar-refractivity contribution in [2.75, 3.05) is 4.90 Å². The summed E-state index contributed by atoms with van der Waals surface area (Å²) >= 11 is 0. The Kier molecular flexibility index (Phi) is 4.92. The smallest absolute Gasteiger partial charge is 0.116 e. The first-order chi connectivity index (χ1) is 22.2. The van der Waals surface area contributed by atoms with E-state index < -0.39 is 18.1 Å². The van der Waals surface area contributed by atoms with Crippen LogP contribution < -0.4 is 4.90 Å². The Balaban J connectivity index is 1.48. The molecule has 0 radical (unpaired) electrons. The van der Waals surface area contributed by atoms with Crippen molar-refractivity contribution in [2.45, 2.75) is 13.8 Å². The van der Waals surface area contributed by atoms with Gasteiger partial charge >= 0.3 is 0 Å². The fraction of sp³-hybridized carbons (Fsp3) is 0.0556. The zero-order valence-electron chi connectivity index (χ0n) is 27.5. The summed E-state index contributed by atoms with van der Waals surface area (Å²) in [6, 6.07) is 25.2. The van der Waals surface area contributed by atoms with Crippen LogP contribution in [0.15, 0.2) is 128 Å². The average molecular weight is 535 g/mol. The van der Waals surface area contributed by atoms with Crippen molar-refractivity contribution >= 4 is 38.9 Å². The minimum atomic E-state index is -0.452. The fourth-order valence-electron chi connectivity index (χ4n) is 5.28. The summed E-state index contributed by atoms with van der Waals surface area (Å²) in [5, 5.41) is 1.78. The predicted molar refractivity (Wildman–Crippen MR) is 168 cm³/mol. The highest BCUT2D eigenvalue weighted by Crippen LogP contribution is 2.39. The van der Waals surface area contributed by atoms with Gasteiger partial charge in [-0.1, -0.05) is 78.8 Å². The van der Waals surface area contributed by atoms with E-state index in [2.05, 4.69) is 19.9 Å². The molecule has 196 valence electrons. The van der Waals surface area contributed by atoms with Gasteiger partial charge in [0.25, 0.3) is 0 Å². The summed E-state index contributed by atoms with van der Waals surface area (Å²) in [7, 11) is 0. The van der Waals surface area contributed by atoms with E-state index in [0.29, 0.717) is 11.4 Å². The van der Waals surface area contributed by atoms with E-state index >= 15 is 0 Å². The van der Waals surface area contributed by atoms with Crippen LogP contribution in [0.4, 0.5) is 17.1 Å². The molecule has 0 aliphatic rings. The Morgan fingerprint density at radius 1 is 0.537 bits per heavy atom. The number of rotatable bonds is 5. The van der Waals surface area contributed by atoms with Gasteiger partial charge in [-0.3, -0.25) is 0 Å². The second-order valence-corrected chi connectivity index (χ2v) is 9.80. The van der Waals surface area contributed by atoms with Crippen LogP contribution in [-0.2, 0) is 0 Å². The largest absolute Gasteiger partial charge is 0.310 e. The maximum atomic E-state index is 8.91. The number of para-hydroxylation sites is 3. The van der Waals surface area contributed by atoms with Gasteiger partial charge in [0.1, 0.15) is 12.7 Å². The second kappa shape index (κ2) is 10.3. The first-order valence-corrected chi connectivity index (χ1v) is 13.2. The zero-order valence-corrected chi connectivity index (χ0v) is 22.5. The number of hydrogen-bond donors (Lipinski definition) is 0. The molecule has 0 atom stereocenters. The van der Waals surface area contributed by atoms with Crippen molar-refractivity contribution in [1.29, 1.82) is 0 Å². The number of aromatic nitrogens is 4. The van der Waals surface area contributed by atoms with Crippen molar-refractivity contribution in [2.24, 2.45) is 0 Å². The highest BCUT2D eigenvalue weighted by molar-refractivity contribution is 5.96. The lowest BCUT2D eigenvalue weighted by molar-refractivity contribution is 1.21. The molecule has 0 bridgehead atoms. The summed E-state index contributed by atoms with van der Waals surface area (Å²) < 4.78 is 43.0. The van der Waals surface area contributed by atoms with E-state index in [1.54, 1.807) is 17.6 Å². The lowest BCUT2D eigenvalue weighted by Crippen LogP contribution is -2.10. The summed E-state index contributed by atoms with van der Waals surface area (Å²) in [6.07, 6.45) is 3.09. The molecule has 2 aromatic heterocycles. The third kappa shape index (κ3) is 4.47. The van der Waals surface area contributed by atoms with Crippen LogP contribution >= 0.6 is 0 Å².